The molecule has 4 heterocycles. The number of alkyl halides is 5. The molecule has 172 valence electrons. The van der Waals surface area contributed by atoms with Crippen LogP contribution in [-0.4, -0.2) is 50.4 Å². The van der Waals surface area contributed by atoms with E-state index in [1.807, 2.05) is 11.8 Å². The molecule has 0 radical (unpaired) electrons. The Balaban J connectivity index is 1.50. The lowest BCUT2D eigenvalue weighted by molar-refractivity contribution is -0.142. The maximum Gasteiger partial charge on any atom is 0.437 e. The van der Waals surface area contributed by atoms with Crippen molar-refractivity contribution in [1.82, 2.24) is 24.7 Å². The van der Waals surface area contributed by atoms with Gasteiger partial charge in [-0.1, -0.05) is 0 Å². The maximum absolute atomic E-state index is 13.1. The highest BCUT2D eigenvalue weighted by molar-refractivity contribution is 5.71. The molecule has 7 nitrogen and oxygen atoms in total. The molecule has 0 saturated carbocycles. The molecule has 12 heteroatoms. The summed E-state index contributed by atoms with van der Waals surface area (Å²) in [5, 5.41) is 3.92. The van der Waals surface area contributed by atoms with E-state index in [2.05, 4.69) is 20.1 Å². The maximum atomic E-state index is 13.1. The molecular formula is C20H21F5N6O. The number of nitrogens with zero attached hydrogens (tertiary/aromatic N) is 6. The second kappa shape index (κ2) is 8.83. The highest BCUT2D eigenvalue weighted by Gasteiger charge is 2.36. The Morgan fingerprint density at radius 2 is 2.00 bits per heavy atom. The van der Waals surface area contributed by atoms with Gasteiger partial charge in [0.25, 0.3) is 6.43 Å². The minimum Gasteiger partial charge on any atom is -0.491 e. The molecule has 4 rings (SSSR count). The van der Waals surface area contributed by atoms with Gasteiger partial charge >= 0.3 is 6.18 Å². The van der Waals surface area contributed by atoms with E-state index in [1.54, 1.807) is 6.20 Å². The van der Waals surface area contributed by atoms with Gasteiger partial charge < -0.3 is 9.64 Å². The third kappa shape index (κ3) is 4.73. The molecule has 0 bridgehead atoms. The Bertz CT molecular complexity index is 1070. The summed E-state index contributed by atoms with van der Waals surface area (Å²) in [4.78, 5) is 14.1. The molecule has 2 atom stereocenters. The van der Waals surface area contributed by atoms with Crippen molar-refractivity contribution in [2.45, 2.75) is 45.0 Å². The molecule has 0 aliphatic carbocycles. The fraction of sp³-hybridized carbons (Fsp3) is 0.500. The van der Waals surface area contributed by atoms with Crippen LogP contribution in [0.1, 0.15) is 25.5 Å². The minimum atomic E-state index is -4.60. The van der Waals surface area contributed by atoms with Gasteiger partial charge in [0, 0.05) is 24.7 Å². The van der Waals surface area contributed by atoms with Gasteiger partial charge in [-0.25, -0.2) is 28.4 Å². The fourth-order valence-corrected chi connectivity index (χ4v) is 3.81. The van der Waals surface area contributed by atoms with Gasteiger partial charge in [-0.2, -0.15) is 18.3 Å². The predicted octanol–water partition coefficient (Wildman–Crippen LogP) is 4.19. The van der Waals surface area contributed by atoms with Crippen LogP contribution in [0.4, 0.5) is 27.8 Å². The number of hydrogen-bond acceptors (Lipinski definition) is 6. The third-order valence-electron chi connectivity index (χ3n) is 5.43. The number of pyridine rings is 1. The first-order valence-electron chi connectivity index (χ1n) is 10.1. The van der Waals surface area contributed by atoms with Crippen LogP contribution in [0.5, 0.6) is 5.75 Å². The molecule has 0 N–H and O–H groups in total. The van der Waals surface area contributed by atoms with Crippen molar-refractivity contribution in [1.29, 1.82) is 0 Å². The molecular weight excluding hydrogens is 435 g/mol. The fourth-order valence-electron chi connectivity index (χ4n) is 3.81. The number of fused-ring (bicyclic) bond motifs is 1. The summed E-state index contributed by atoms with van der Waals surface area (Å²) in [6.07, 6.45) is -1.63. The van der Waals surface area contributed by atoms with Crippen LogP contribution in [0.15, 0.2) is 30.7 Å². The normalized spacial score (nSPS) is 19.7. The highest BCUT2D eigenvalue weighted by Crippen LogP contribution is 2.35. The van der Waals surface area contributed by atoms with E-state index in [0.29, 0.717) is 17.9 Å². The van der Waals surface area contributed by atoms with Gasteiger partial charge in [0.1, 0.15) is 23.6 Å². The predicted molar refractivity (Wildman–Crippen MR) is 106 cm³/mol. The van der Waals surface area contributed by atoms with Crippen molar-refractivity contribution in [3.05, 3.63) is 36.4 Å². The van der Waals surface area contributed by atoms with E-state index in [1.165, 1.54) is 18.3 Å². The van der Waals surface area contributed by atoms with Gasteiger partial charge in [-0.3, -0.25) is 0 Å². The molecule has 1 fully saturated rings. The lowest BCUT2D eigenvalue weighted by Gasteiger charge is -2.38. The van der Waals surface area contributed by atoms with Gasteiger partial charge in [-0.05, 0) is 31.9 Å². The summed E-state index contributed by atoms with van der Waals surface area (Å²) in [6.45, 7) is 1.98. The lowest BCUT2D eigenvalue weighted by atomic mass is 9.94. The largest absolute Gasteiger partial charge is 0.491 e. The van der Waals surface area contributed by atoms with Crippen LogP contribution in [0.3, 0.4) is 0 Å². The first-order valence-corrected chi connectivity index (χ1v) is 10.1. The van der Waals surface area contributed by atoms with E-state index in [4.69, 9.17) is 4.74 Å². The standard InChI is InChI=1S/C20H21F5N6O/c1-12-4-5-13(11-32-15-3-2-6-26-18(15)20(23,24)25)9-30(12)17-8-27-14-7-28-31(10-16(21)22)19(14)29-17/h2-3,6-8,12-13,16H,4-5,9-11H2,1H3/t12-,13-/m1/s1. The molecule has 3 aromatic rings. The average molecular weight is 456 g/mol. The molecule has 1 aliphatic heterocycles. The Morgan fingerprint density at radius 1 is 1.19 bits per heavy atom. The highest BCUT2D eigenvalue weighted by atomic mass is 19.4. The third-order valence-corrected chi connectivity index (χ3v) is 5.43. The van der Waals surface area contributed by atoms with E-state index in [-0.39, 0.29) is 30.0 Å². The summed E-state index contributed by atoms with van der Waals surface area (Å²) in [6, 6.07) is 2.74. The van der Waals surface area contributed by atoms with E-state index in [9.17, 15) is 22.0 Å². The van der Waals surface area contributed by atoms with Crippen LogP contribution in [0.2, 0.25) is 0 Å². The summed E-state index contributed by atoms with van der Waals surface area (Å²) < 4.78 is 71.7. The topological polar surface area (TPSA) is 69.0 Å². The molecule has 0 spiro atoms. The van der Waals surface area contributed by atoms with Crippen LogP contribution < -0.4 is 9.64 Å². The molecule has 1 aliphatic rings. The molecule has 0 aromatic carbocycles. The number of aromatic nitrogens is 5. The van der Waals surface area contributed by atoms with E-state index in [0.717, 1.165) is 23.7 Å². The molecule has 3 aromatic heterocycles. The van der Waals surface area contributed by atoms with Crippen LogP contribution in [0.25, 0.3) is 11.2 Å². The first kappa shape index (κ1) is 22.2. The smallest absolute Gasteiger partial charge is 0.437 e. The van der Waals surface area contributed by atoms with Crippen LogP contribution in [0, 0.1) is 5.92 Å². The number of rotatable bonds is 6. The zero-order valence-corrected chi connectivity index (χ0v) is 17.1. The van der Waals surface area contributed by atoms with Crippen molar-refractivity contribution >= 4 is 17.0 Å². The Morgan fingerprint density at radius 3 is 2.75 bits per heavy atom. The average Bonchev–Trinajstić information content (AvgIpc) is 3.14. The van der Waals surface area contributed by atoms with Crippen molar-refractivity contribution in [3.8, 4) is 5.75 Å². The Hall–Kier alpha value is -3.05. The number of hydrogen-bond donors (Lipinski definition) is 0. The zero-order valence-electron chi connectivity index (χ0n) is 17.1. The lowest BCUT2D eigenvalue weighted by Crippen LogP contribution is -2.44. The van der Waals surface area contributed by atoms with Gasteiger partial charge in [0.2, 0.25) is 0 Å². The first-order chi connectivity index (χ1) is 15.2. The number of ether oxygens (including phenoxy) is 1. The summed E-state index contributed by atoms with van der Waals surface area (Å²) >= 11 is 0. The van der Waals surface area contributed by atoms with Crippen molar-refractivity contribution in [2.75, 3.05) is 18.1 Å². The number of piperidine rings is 1. The monoisotopic (exact) mass is 456 g/mol. The van der Waals surface area contributed by atoms with Gasteiger partial charge in [-0.15, -0.1) is 0 Å². The molecule has 0 unspecified atom stereocenters. The molecule has 0 amide bonds. The van der Waals surface area contributed by atoms with Crippen LogP contribution in [-0.2, 0) is 12.7 Å². The van der Waals surface area contributed by atoms with E-state index >= 15 is 0 Å². The number of anilines is 1. The van der Waals surface area contributed by atoms with E-state index < -0.39 is 24.8 Å². The summed E-state index contributed by atoms with van der Waals surface area (Å²) in [5.41, 5.74) is -0.376. The second-order valence-corrected chi connectivity index (χ2v) is 7.76. The van der Waals surface area contributed by atoms with Crippen molar-refractivity contribution in [3.63, 3.8) is 0 Å². The SMILES string of the molecule is C[C@@H]1CC[C@@H](COc2cccnc2C(F)(F)F)CN1c1cnc2cnn(CC(F)F)c2n1. The van der Waals surface area contributed by atoms with Crippen LogP contribution >= 0.6 is 0 Å². The van der Waals surface area contributed by atoms with Gasteiger partial charge in [0.05, 0.1) is 19.0 Å². The summed E-state index contributed by atoms with van der Waals surface area (Å²) in [5.74, 6) is 0.140. The quantitative estimate of drug-likeness (QED) is 0.518. The minimum absolute atomic E-state index is 0.0593. The Kier molecular flexibility index (Phi) is 6.11. The molecule has 32 heavy (non-hydrogen) atoms. The Labute approximate surface area is 180 Å². The summed E-state index contributed by atoms with van der Waals surface area (Å²) in [7, 11) is 0. The second-order valence-electron chi connectivity index (χ2n) is 7.76. The van der Waals surface area contributed by atoms with Crippen molar-refractivity contribution < 1.29 is 26.7 Å². The zero-order chi connectivity index (χ0) is 22.9. The van der Waals surface area contributed by atoms with Crippen molar-refractivity contribution in [2.24, 2.45) is 5.92 Å². The number of halogens is 5. The molecule has 1 saturated heterocycles. The van der Waals surface area contributed by atoms with Gasteiger partial charge in [0.15, 0.2) is 11.3 Å².